The first kappa shape index (κ1) is 48.1. The van der Waals surface area contributed by atoms with Crippen molar-refractivity contribution in [2.75, 3.05) is 13.7 Å². The highest BCUT2D eigenvalue weighted by atomic mass is 16.5. The predicted molar refractivity (Wildman–Crippen MR) is 258 cm³/mol. The van der Waals surface area contributed by atoms with Crippen LogP contribution in [0.3, 0.4) is 0 Å². The highest BCUT2D eigenvalue weighted by molar-refractivity contribution is 6.42. The summed E-state index contributed by atoms with van der Waals surface area (Å²) in [4.78, 5) is 55.9. The smallest absolute Gasteiger partial charge is 0.321 e. The molecule has 5 atom stereocenters. The maximum absolute atomic E-state index is 14.2. The molecule has 0 amide bonds. The van der Waals surface area contributed by atoms with Crippen molar-refractivity contribution in [2.24, 2.45) is 50.5 Å². The van der Waals surface area contributed by atoms with Crippen LogP contribution in [0.5, 0.6) is 0 Å². The number of hydrogen-bond acceptors (Lipinski definition) is 10. The zero-order chi connectivity index (χ0) is 46.2. The molecule has 6 aliphatic rings. The Labute approximate surface area is 381 Å². The van der Waals surface area contributed by atoms with Gasteiger partial charge in [-0.25, -0.2) is 15.0 Å². The van der Waals surface area contributed by atoms with Crippen LogP contribution < -0.4 is 5.32 Å². The summed E-state index contributed by atoms with van der Waals surface area (Å²) in [5.41, 5.74) is 10.1. The van der Waals surface area contributed by atoms with Gasteiger partial charge in [0.1, 0.15) is 12.5 Å². The molecule has 1 saturated carbocycles. The van der Waals surface area contributed by atoms with Crippen molar-refractivity contribution in [3.05, 3.63) is 117 Å². The van der Waals surface area contributed by atoms with Crippen LogP contribution in [0.4, 0.5) is 0 Å². The summed E-state index contributed by atoms with van der Waals surface area (Å²) >= 11 is 0. The molecule has 64 heavy (non-hydrogen) atoms. The number of aliphatic imine (C=N–C) groups is 3. The number of ether oxygens (including phenoxy) is 2. The molecule has 0 aromatic rings. The molecule has 6 rings (SSSR count). The lowest BCUT2D eigenvalue weighted by atomic mass is 9.85. The number of rotatable bonds is 20. The summed E-state index contributed by atoms with van der Waals surface area (Å²) in [6, 6.07) is 0. The zero-order valence-corrected chi connectivity index (χ0v) is 39.7. The van der Waals surface area contributed by atoms with Gasteiger partial charge < -0.3 is 19.9 Å². The van der Waals surface area contributed by atoms with Gasteiger partial charge in [0.2, 0.25) is 0 Å². The summed E-state index contributed by atoms with van der Waals surface area (Å²) in [6.45, 7) is 21.8. The van der Waals surface area contributed by atoms with E-state index in [-0.39, 0.29) is 30.8 Å². The quantitative estimate of drug-likeness (QED) is 0.0537. The molecular weight excluding hydrogens is 801 g/mol. The second kappa shape index (κ2) is 21.5. The maximum Gasteiger partial charge on any atom is 0.321 e. The Morgan fingerprint density at radius 2 is 1.64 bits per heavy atom. The van der Waals surface area contributed by atoms with Gasteiger partial charge >= 0.3 is 11.9 Å². The third-order valence-electron chi connectivity index (χ3n) is 13.8. The fourth-order valence-electron chi connectivity index (χ4n) is 9.87. The van der Waals surface area contributed by atoms with Crippen molar-refractivity contribution in [1.82, 2.24) is 5.32 Å². The average Bonchev–Trinajstić information content (AvgIpc) is 4.03. The van der Waals surface area contributed by atoms with Gasteiger partial charge in [-0.3, -0.25) is 14.4 Å². The number of nitrogens with one attached hydrogen (secondary N) is 1. The first-order valence-corrected chi connectivity index (χ1v) is 23.7. The predicted octanol–water partition coefficient (Wildman–Crippen LogP) is 11.7. The van der Waals surface area contributed by atoms with Gasteiger partial charge in [0, 0.05) is 51.9 Å². The fraction of sp³-hybridized carbons (Fsp3) is 0.519. The minimum Gasteiger partial charge on any atom is -0.515 e. The minimum absolute atomic E-state index is 0.140. The molecule has 2 N–H and O–H groups in total. The van der Waals surface area contributed by atoms with Gasteiger partial charge in [-0.05, 0) is 98.8 Å². The molecule has 1 aliphatic carbocycles. The largest absolute Gasteiger partial charge is 0.515 e. The Bertz CT molecular complexity index is 2300. The Morgan fingerprint density at radius 1 is 0.938 bits per heavy atom. The summed E-state index contributed by atoms with van der Waals surface area (Å²) in [7, 11) is 1.28. The van der Waals surface area contributed by atoms with Crippen molar-refractivity contribution in [2.45, 2.75) is 132 Å². The Balaban J connectivity index is 1.19. The number of carbonyl (C=O) groups is 3. The summed E-state index contributed by atoms with van der Waals surface area (Å²) in [6.07, 6.45) is 24.6. The highest BCUT2D eigenvalue weighted by Crippen LogP contribution is 2.46. The molecule has 5 heterocycles. The minimum atomic E-state index is -1.22. The lowest BCUT2D eigenvalue weighted by molar-refractivity contribution is -0.146. The second-order valence-corrected chi connectivity index (χ2v) is 19.0. The SMILES string of the molecule is C=CC1=C(C)C2=NC1=CC1=NC(=C(CC)/C1=C/O)C=C1C=C3C(=O)C(C(=O)OC)C(=C4NC(=C2)C(C)C4CCC(=O)OCC=C(C)CCCC(C)CCCC(C)CCCC(C)C)C3=N1. The van der Waals surface area contributed by atoms with E-state index in [2.05, 4.69) is 53.4 Å². The molecule has 10 heteroatoms. The molecule has 0 spiro atoms. The van der Waals surface area contributed by atoms with E-state index in [1.54, 1.807) is 18.2 Å². The van der Waals surface area contributed by atoms with Gasteiger partial charge in [0.05, 0.1) is 47.6 Å². The summed E-state index contributed by atoms with van der Waals surface area (Å²) in [5.74, 6) is -0.737. The number of aliphatic hydroxyl groups excluding tert-OH is 1. The van der Waals surface area contributed by atoms with Crippen LogP contribution >= 0.6 is 0 Å². The number of methoxy groups -OCH3 is 1. The average molecular weight is 871 g/mol. The van der Waals surface area contributed by atoms with E-state index in [4.69, 9.17) is 24.5 Å². The summed E-state index contributed by atoms with van der Waals surface area (Å²) in [5, 5.41) is 14.0. The van der Waals surface area contributed by atoms with Gasteiger partial charge in [-0.2, -0.15) is 0 Å². The van der Waals surface area contributed by atoms with E-state index in [0.29, 0.717) is 75.4 Å². The number of Topliss-reactive ketones (excluding diaryl/α,β-unsaturated/α-hetero) is 1. The topological polar surface area (TPSA) is 139 Å². The standard InChI is InChI=1S/C54H70N4O6/c1-11-38-35(8)43-28-44-36(9)40(22-23-48(60)64-25-24-34(7)21-15-20-33(6)19-14-18-32(5)17-13-16-31(3)4)51(58-44)49-50(54(62)63-10)53(61)41-26-37(55-52(41)49)27-45-39(12-2)42(30-59)47(57-45)29-46(38)56-43/h11,24,26-33,36,40,50,58-59H,1,12-23,25H2,2-10H3/b34-24?,37-27?,42-30-,44-28?,46-29?,51-49?. The molecule has 0 aromatic heterocycles. The lowest BCUT2D eigenvalue weighted by Crippen LogP contribution is -2.26. The lowest BCUT2D eigenvalue weighted by Gasteiger charge is -2.19. The molecule has 2 fully saturated rings. The number of carbonyl (C=O) groups excluding carboxylic acids is 3. The van der Waals surface area contributed by atoms with Crippen LogP contribution in [0, 0.1) is 35.5 Å². The van der Waals surface area contributed by atoms with E-state index in [1.807, 2.05) is 32.1 Å². The first-order valence-electron chi connectivity index (χ1n) is 23.7. The van der Waals surface area contributed by atoms with Crippen molar-refractivity contribution in [3.63, 3.8) is 0 Å². The van der Waals surface area contributed by atoms with Crippen molar-refractivity contribution in [1.29, 1.82) is 0 Å². The number of ketones is 1. The van der Waals surface area contributed by atoms with Crippen molar-refractivity contribution < 1.29 is 29.0 Å². The Morgan fingerprint density at radius 3 is 2.30 bits per heavy atom. The molecule has 0 radical (unpaired) electrons. The van der Waals surface area contributed by atoms with Crippen LogP contribution in [-0.2, 0) is 23.9 Å². The van der Waals surface area contributed by atoms with Crippen LogP contribution in [0.1, 0.15) is 132 Å². The molecule has 10 nitrogen and oxygen atoms in total. The van der Waals surface area contributed by atoms with Crippen LogP contribution in [0.2, 0.25) is 0 Å². The number of nitrogens with zero attached hydrogens (tertiary/aromatic N) is 3. The highest BCUT2D eigenvalue weighted by Gasteiger charge is 2.50. The molecule has 0 aromatic carbocycles. The number of aliphatic hydroxyl groups is 1. The second-order valence-electron chi connectivity index (χ2n) is 19.0. The van der Waals surface area contributed by atoms with E-state index < -0.39 is 17.7 Å². The van der Waals surface area contributed by atoms with Crippen LogP contribution in [0.25, 0.3) is 0 Å². The van der Waals surface area contributed by atoms with Crippen molar-refractivity contribution >= 4 is 34.9 Å². The summed E-state index contributed by atoms with van der Waals surface area (Å²) < 4.78 is 11.0. The maximum atomic E-state index is 14.2. The number of hydrogen-bond donors (Lipinski definition) is 2. The third kappa shape index (κ3) is 10.8. The Hall–Kier alpha value is -5.38. The molecule has 5 unspecified atom stereocenters. The zero-order valence-electron chi connectivity index (χ0n) is 39.7. The van der Waals surface area contributed by atoms with Gasteiger partial charge in [-0.1, -0.05) is 105 Å². The Kier molecular flexibility index (Phi) is 16.2. The molecule has 8 bridgehead atoms. The van der Waals surface area contributed by atoms with E-state index in [9.17, 15) is 19.5 Å². The number of fused-ring (bicyclic) bond motifs is 5. The van der Waals surface area contributed by atoms with Gasteiger partial charge in [0.25, 0.3) is 0 Å². The number of esters is 2. The van der Waals surface area contributed by atoms with Gasteiger partial charge in [-0.15, -0.1) is 0 Å². The van der Waals surface area contributed by atoms with E-state index in [1.165, 1.54) is 57.6 Å². The molecule has 5 aliphatic heterocycles. The molecule has 1 saturated heterocycles. The van der Waals surface area contributed by atoms with Crippen LogP contribution in [0.15, 0.2) is 132 Å². The van der Waals surface area contributed by atoms with Crippen LogP contribution in [-0.4, -0.2) is 53.7 Å². The van der Waals surface area contributed by atoms with Gasteiger partial charge in [0.15, 0.2) is 5.78 Å². The fourth-order valence-corrected chi connectivity index (χ4v) is 9.87. The van der Waals surface area contributed by atoms with E-state index in [0.717, 1.165) is 53.4 Å². The first-order chi connectivity index (χ1) is 30.7. The molecular formula is C54H70N4O6. The van der Waals surface area contributed by atoms with Crippen molar-refractivity contribution in [3.8, 4) is 0 Å². The number of allylic oxidation sites excluding steroid dienone is 12. The molecule has 342 valence electrons. The normalized spacial score (nSPS) is 23.2. The van der Waals surface area contributed by atoms with E-state index >= 15 is 0 Å². The third-order valence-corrected chi connectivity index (χ3v) is 13.8. The monoisotopic (exact) mass is 871 g/mol.